The van der Waals surface area contributed by atoms with Gasteiger partial charge in [-0.05, 0) is 187 Å². The van der Waals surface area contributed by atoms with Gasteiger partial charge < -0.3 is 9.80 Å². The van der Waals surface area contributed by atoms with Crippen molar-refractivity contribution in [1.29, 1.82) is 0 Å². The lowest BCUT2D eigenvalue weighted by molar-refractivity contribution is 0.472. The lowest BCUT2D eigenvalue weighted by Gasteiger charge is -2.33. The topological polar surface area (TPSA) is 129 Å². The van der Waals surface area contributed by atoms with E-state index >= 15 is 0 Å². The molecule has 0 amide bonds. The van der Waals surface area contributed by atoms with Crippen molar-refractivity contribution >= 4 is 11.4 Å². The van der Waals surface area contributed by atoms with Gasteiger partial charge in [-0.25, -0.2) is 18.7 Å². The first-order valence-electron chi connectivity index (χ1n) is 32.9. The van der Waals surface area contributed by atoms with E-state index in [0.717, 1.165) is 83.9 Å². The van der Waals surface area contributed by atoms with Crippen LogP contribution in [0.1, 0.15) is 214 Å². The maximum absolute atomic E-state index is 4.60. The first-order valence-corrected chi connectivity index (χ1v) is 32.9. The summed E-state index contributed by atoms with van der Waals surface area (Å²) in [5.41, 5.74) is 19.4. The van der Waals surface area contributed by atoms with Crippen LogP contribution in [0.15, 0.2) is 97.1 Å². The number of nitrogens with zero attached hydrogens (tertiary/aromatic N) is 14. The van der Waals surface area contributed by atoms with Crippen LogP contribution in [0.3, 0.4) is 0 Å². The zero-order valence-corrected chi connectivity index (χ0v) is 55.3. The highest BCUT2D eigenvalue weighted by molar-refractivity contribution is 5.89. The van der Waals surface area contributed by atoms with Gasteiger partial charge in [-0.15, -0.1) is 20.4 Å². The van der Waals surface area contributed by atoms with Gasteiger partial charge in [0.2, 0.25) is 0 Å². The molecule has 0 N–H and O–H groups in total. The summed E-state index contributed by atoms with van der Waals surface area (Å²) < 4.78 is 8.34. The van der Waals surface area contributed by atoms with Crippen LogP contribution in [0.25, 0.3) is 45.0 Å². The Kier molecular flexibility index (Phi) is 20.9. The number of anilines is 2. The van der Waals surface area contributed by atoms with Gasteiger partial charge in [0.25, 0.3) is 0 Å². The number of aromatic nitrogens is 12. The highest BCUT2D eigenvalue weighted by Crippen LogP contribution is 2.56. The summed E-state index contributed by atoms with van der Waals surface area (Å²) >= 11 is 0. The van der Waals surface area contributed by atoms with E-state index in [1.54, 1.807) is 0 Å². The molecular weight excluding hydrogens is 1060 g/mol. The molecule has 14 heteroatoms. The molecule has 2 aliphatic heterocycles. The minimum atomic E-state index is 0.253. The highest BCUT2D eigenvalue weighted by Gasteiger charge is 2.51. The van der Waals surface area contributed by atoms with E-state index in [-0.39, 0.29) is 12.1 Å². The minimum absolute atomic E-state index is 0.253. The van der Waals surface area contributed by atoms with Crippen LogP contribution in [-0.2, 0) is 38.8 Å². The fourth-order valence-corrected chi connectivity index (χ4v) is 13.5. The number of hydrogen-bond donors (Lipinski definition) is 0. The van der Waals surface area contributed by atoms with Gasteiger partial charge >= 0.3 is 0 Å². The number of aryl methyl sites for hydroxylation is 2. The lowest BCUT2D eigenvalue weighted by Crippen LogP contribution is -2.31. The molecule has 14 nitrogen and oxygen atoms in total. The maximum atomic E-state index is 4.60. The summed E-state index contributed by atoms with van der Waals surface area (Å²) in [4.78, 5) is 4.92. The molecule has 1 saturated carbocycles. The number of hydrogen-bond acceptors (Lipinski definition) is 10. The van der Waals surface area contributed by atoms with Crippen molar-refractivity contribution in [2.75, 3.05) is 9.80 Å². The Hall–Kier alpha value is -6.96. The molecule has 4 aromatic carbocycles. The molecule has 0 bridgehead atoms. The Labute approximate surface area is 515 Å². The van der Waals surface area contributed by atoms with E-state index in [9.17, 15) is 0 Å². The van der Waals surface area contributed by atoms with Crippen molar-refractivity contribution in [3.8, 4) is 45.0 Å². The second-order valence-corrected chi connectivity index (χ2v) is 27.4. The zero-order valence-electron chi connectivity index (χ0n) is 55.3. The van der Waals surface area contributed by atoms with Gasteiger partial charge in [-0.1, -0.05) is 153 Å². The molecule has 4 aromatic heterocycles. The van der Waals surface area contributed by atoms with E-state index < -0.39 is 0 Å². The van der Waals surface area contributed by atoms with Crippen LogP contribution in [0, 0.1) is 29.6 Å². The molecule has 3 unspecified atom stereocenters. The highest BCUT2D eigenvalue weighted by atomic mass is 15.5. The number of benzene rings is 4. The predicted octanol–water partition coefficient (Wildman–Crippen LogP) is 17.3. The smallest absolute Gasteiger partial charge is 0.123 e. The molecule has 6 heterocycles. The van der Waals surface area contributed by atoms with Gasteiger partial charge in [0.1, 0.15) is 11.4 Å². The third-order valence-corrected chi connectivity index (χ3v) is 17.7. The SMILES string of the molecule is CC(C)C.CC(C)C1C2CCc3nnn(C(C)C)c3CCC21.CC(C)N1Cc2ccccc2-c2c(nnn2C(C)C)-c2ccccc21.CC(C)N1Cc2ccccc2-c2nnn(C(C)C)c2-c2ccccc21.CC(C)n1nnc2c1CCCCCC2. The molecule has 13 rings (SSSR count). The summed E-state index contributed by atoms with van der Waals surface area (Å²) in [6.45, 7) is 39.4. The lowest BCUT2D eigenvalue weighted by atomic mass is 9.95. The molecule has 3 aliphatic carbocycles. The van der Waals surface area contributed by atoms with Crippen molar-refractivity contribution < 1.29 is 0 Å². The average molecular weight is 1160 g/mol. The van der Waals surface area contributed by atoms with Gasteiger partial charge in [0.05, 0.1) is 34.2 Å². The molecule has 86 heavy (non-hydrogen) atoms. The number of para-hydroxylation sites is 2. The maximum Gasteiger partial charge on any atom is 0.123 e. The fourth-order valence-electron chi connectivity index (χ4n) is 13.5. The number of rotatable bonds is 7. The van der Waals surface area contributed by atoms with Crippen molar-refractivity contribution in [2.45, 2.75) is 231 Å². The summed E-state index contributed by atoms with van der Waals surface area (Å²) in [6.07, 6.45) is 12.6. The molecule has 460 valence electrons. The predicted molar refractivity (Wildman–Crippen MR) is 354 cm³/mol. The van der Waals surface area contributed by atoms with Crippen molar-refractivity contribution in [2.24, 2.45) is 29.6 Å². The third-order valence-electron chi connectivity index (χ3n) is 17.7. The molecule has 0 spiro atoms. The van der Waals surface area contributed by atoms with E-state index in [1.165, 1.54) is 113 Å². The van der Waals surface area contributed by atoms with Gasteiger partial charge in [0, 0.05) is 83.0 Å². The van der Waals surface area contributed by atoms with Crippen LogP contribution < -0.4 is 9.80 Å². The second-order valence-electron chi connectivity index (χ2n) is 27.4. The summed E-state index contributed by atoms with van der Waals surface area (Å²) in [6, 6.07) is 36.6. The quantitative estimate of drug-likeness (QED) is 0.152. The minimum Gasteiger partial charge on any atom is -0.364 e. The molecule has 5 aliphatic rings. The van der Waals surface area contributed by atoms with Crippen LogP contribution in [0.2, 0.25) is 0 Å². The first kappa shape index (κ1) is 63.5. The number of fused-ring (bicyclic) bond motifs is 13. The van der Waals surface area contributed by atoms with Gasteiger partial charge in [0.15, 0.2) is 0 Å². The summed E-state index contributed by atoms with van der Waals surface area (Å²) in [5.74, 6) is 4.63. The Morgan fingerprint density at radius 2 is 0.744 bits per heavy atom. The molecular formula is C72H102N14. The monoisotopic (exact) mass is 1160 g/mol. The Morgan fingerprint density at radius 3 is 1.26 bits per heavy atom. The normalized spacial score (nSPS) is 17.5. The summed E-state index contributed by atoms with van der Waals surface area (Å²) in [5, 5.41) is 35.5. The van der Waals surface area contributed by atoms with Crippen molar-refractivity contribution in [3.63, 3.8) is 0 Å². The van der Waals surface area contributed by atoms with Crippen LogP contribution in [0.4, 0.5) is 11.4 Å². The van der Waals surface area contributed by atoms with Crippen LogP contribution in [0.5, 0.6) is 0 Å². The van der Waals surface area contributed by atoms with Crippen molar-refractivity contribution in [3.05, 3.63) is 131 Å². The second kappa shape index (κ2) is 28.3. The van der Waals surface area contributed by atoms with Crippen LogP contribution >= 0.6 is 0 Å². The van der Waals surface area contributed by atoms with E-state index in [2.05, 4.69) is 285 Å². The van der Waals surface area contributed by atoms with E-state index in [0.29, 0.717) is 24.2 Å². The molecule has 3 atom stereocenters. The zero-order chi connectivity index (χ0) is 61.5. The van der Waals surface area contributed by atoms with E-state index in [4.69, 9.17) is 0 Å². The third kappa shape index (κ3) is 14.1. The molecule has 8 aromatic rings. The van der Waals surface area contributed by atoms with E-state index in [1.807, 2.05) is 0 Å². The Balaban J connectivity index is 0.000000137. The Morgan fingerprint density at radius 1 is 0.360 bits per heavy atom. The van der Waals surface area contributed by atoms with Gasteiger partial charge in [-0.3, -0.25) is 0 Å². The van der Waals surface area contributed by atoms with Gasteiger partial charge in [-0.2, -0.15) is 0 Å². The average Bonchev–Trinajstić information content (AvgIpc) is 1.57. The molecule has 0 radical (unpaired) electrons. The van der Waals surface area contributed by atoms with Crippen LogP contribution in [-0.4, -0.2) is 72.1 Å². The van der Waals surface area contributed by atoms with Crippen molar-refractivity contribution in [1.82, 2.24) is 60.0 Å². The first-order chi connectivity index (χ1) is 41.3. The summed E-state index contributed by atoms with van der Waals surface area (Å²) in [7, 11) is 0. The fraction of sp³-hybridized carbons (Fsp3) is 0.556. The molecule has 0 saturated heterocycles. The largest absolute Gasteiger partial charge is 0.364 e. The standard InChI is InChI=1S/2C21H24N4.C15H25N3.C11H19N3.C4H10/c1-14(2)24-13-16-9-5-6-10-17(16)21-20(22-23-25(21)15(3)4)18-11-7-8-12-19(18)24;1-14(2)24-13-16-9-5-6-10-17(16)20-21(25(15(3)4)23-22-20)18-11-7-8-12-19(18)24;1-9(2)15-11-5-7-13-14(8-6-12(11)15)18(10(3)4)17-16-13;1-9(2)14-11-8-6-4-3-5-7-10(11)12-13-14;1-4(2)3/h2*5-12,14-15H,13H2,1-4H3;9-12,15H,5-8H2,1-4H3;9H,3-8H2,1-2H3;4H,1-3H3. The molecule has 1 fully saturated rings. The Bertz CT molecular complexity index is 3450.